The van der Waals surface area contributed by atoms with Crippen molar-refractivity contribution in [2.24, 2.45) is 0 Å². The van der Waals surface area contributed by atoms with Crippen molar-refractivity contribution in [2.45, 2.75) is 11.8 Å². The SMILES string of the molecule is O=C1CN(C(=O)C(Cl)c2ccccc2)CCCN1. The van der Waals surface area contributed by atoms with Crippen LogP contribution >= 0.6 is 11.6 Å². The van der Waals surface area contributed by atoms with Gasteiger partial charge in [0.2, 0.25) is 11.8 Å². The molecule has 1 atom stereocenters. The number of nitrogens with one attached hydrogen (secondary N) is 1. The van der Waals surface area contributed by atoms with Gasteiger partial charge in [0.05, 0.1) is 6.54 Å². The van der Waals surface area contributed by atoms with E-state index in [1.807, 2.05) is 30.3 Å². The average molecular weight is 267 g/mol. The van der Waals surface area contributed by atoms with Crippen LogP contribution in [0.3, 0.4) is 0 Å². The van der Waals surface area contributed by atoms with E-state index in [1.165, 1.54) is 4.90 Å². The van der Waals surface area contributed by atoms with Crippen LogP contribution in [-0.4, -0.2) is 36.3 Å². The van der Waals surface area contributed by atoms with Crippen LogP contribution < -0.4 is 5.32 Å². The Morgan fingerprint density at radius 3 is 2.78 bits per heavy atom. The zero-order chi connectivity index (χ0) is 13.0. The van der Waals surface area contributed by atoms with E-state index in [2.05, 4.69) is 5.32 Å². The highest BCUT2D eigenvalue weighted by atomic mass is 35.5. The summed E-state index contributed by atoms with van der Waals surface area (Å²) in [5.74, 6) is -0.335. The molecule has 0 aromatic heterocycles. The van der Waals surface area contributed by atoms with E-state index in [4.69, 9.17) is 11.6 Å². The summed E-state index contributed by atoms with van der Waals surface area (Å²) in [7, 11) is 0. The molecule has 2 rings (SSSR count). The van der Waals surface area contributed by atoms with Crippen LogP contribution in [0, 0.1) is 0 Å². The van der Waals surface area contributed by atoms with Gasteiger partial charge in [-0.05, 0) is 12.0 Å². The summed E-state index contributed by atoms with van der Waals surface area (Å²) < 4.78 is 0. The number of hydrogen-bond donors (Lipinski definition) is 1. The maximum atomic E-state index is 12.2. The number of halogens is 1. The summed E-state index contributed by atoms with van der Waals surface area (Å²) in [5.41, 5.74) is 0.758. The molecule has 96 valence electrons. The van der Waals surface area contributed by atoms with E-state index in [-0.39, 0.29) is 18.4 Å². The zero-order valence-electron chi connectivity index (χ0n) is 9.93. The summed E-state index contributed by atoms with van der Waals surface area (Å²) in [6, 6.07) is 9.18. The molecule has 1 saturated heterocycles. The van der Waals surface area contributed by atoms with E-state index >= 15 is 0 Å². The van der Waals surface area contributed by atoms with Crippen LogP contribution in [-0.2, 0) is 9.59 Å². The number of carbonyl (C=O) groups is 2. The third-order valence-electron chi connectivity index (χ3n) is 2.88. The highest BCUT2D eigenvalue weighted by Crippen LogP contribution is 2.22. The molecule has 0 spiro atoms. The van der Waals surface area contributed by atoms with Crippen molar-refractivity contribution in [3.8, 4) is 0 Å². The van der Waals surface area contributed by atoms with Crippen molar-refractivity contribution in [2.75, 3.05) is 19.6 Å². The van der Waals surface area contributed by atoms with Crippen molar-refractivity contribution in [1.29, 1.82) is 0 Å². The minimum absolute atomic E-state index is 0.0921. The predicted molar refractivity (Wildman–Crippen MR) is 69.2 cm³/mol. The van der Waals surface area contributed by atoms with E-state index in [9.17, 15) is 9.59 Å². The van der Waals surface area contributed by atoms with Crippen molar-refractivity contribution in [3.63, 3.8) is 0 Å². The highest BCUT2D eigenvalue weighted by Gasteiger charge is 2.26. The van der Waals surface area contributed by atoms with Gasteiger partial charge in [0.15, 0.2) is 0 Å². The Labute approximate surface area is 111 Å². The number of nitrogens with zero attached hydrogens (tertiary/aromatic N) is 1. The van der Waals surface area contributed by atoms with E-state index in [1.54, 1.807) is 0 Å². The third-order valence-corrected chi connectivity index (χ3v) is 3.32. The number of hydrogen-bond acceptors (Lipinski definition) is 2. The fraction of sp³-hybridized carbons (Fsp3) is 0.385. The number of amides is 2. The second-order valence-corrected chi connectivity index (χ2v) is 4.67. The molecular weight excluding hydrogens is 252 g/mol. The molecule has 0 bridgehead atoms. The van der Waals surface area contributed by atoms with Gasteiger partial charge in [0.25, 0.3) is 0 Å². The van der Waals surface area contributed by atoms with E-state index in [0.29, 0.717) is 13.1 Å². The lowest BCUT2D eigenvalue weighted by Gasteiger charge is -2.22. The highest BCUT2D eigenvalue weighted by molar-refractivity contribution is 6.30. The fourth-order valence-corrected chi connectivity index (χ4v) is 2.20. The predicted octanol–water partition coefficient (Wildman–Crippen LogP) is 1.31. The Kier molecular flexibility index (Phi) is 4.20. The van der Waals surface area contributed by atoms with Crippen LogP contribution in [0.1, 0.15) is 17.4 Å². The molecule has 1 aliphatic rings. The molecule has 0 saturated carbocycles. The molecule has 2 amide bonds. The lowest BCUT2D eigenvalue weighted by molar-refractivity contribution is -0.135. The second kappa shape index (κ2) is 5.87. The first-order valence-electron chi connectivity index (χ1n) is 5.93. The van der Waals surface area contributed by atoms with Crippen LogP contribution in [0.5, 0.6) is 0 Å². The topological polar surface area (TPSA) is 49.4 Å². The Morgan fingerprint density at radius 1 is 1.33 bits per heavy atom. The molecule has 1 fully saturated rings. The maximum Gasteiger partial charge on any atom is 0.245 e. The van der Waals surface area contributed by atoms with Crippen molar-refractivity contribution in [1.82, 2.24) is 10.2 Å². The van der Waals surface area contributed by atoms with E-state index in [0.717, 1.165) is 12.0 Å². The Bertz CT molecular complexity index is 436. The Balaban J connectivity index is 2.08. The molecule has 0 radical (unpaired) electrons. The smallest absolute Gasteiger partial charge is 0.245 e. The van der Waals surface area contributed by atoms with Gasteiger partial charge in [-0.2, -0.15) is 0 Å². The minimum Gasteiger partial charge on any atom is -0.354 e. The van der Waals surface area contributed by atoms with Gasteiger partial charge in [0.1, 0.15) is 5.38 Å². The van der Waals surface area contributed by atoms with Gasteiger partial charge in [-0.25, -0.2) is 0 Å². The van der Waals surface area contributed by atoms with Gasteiger partial charge in [-0.1, -0.05) is 30.3 Å². The van der Waals surface area contributed by atoms with Crippen molar-refractivity contribution >= 4 is 23.4 Å². The summed E-state index contributed by atoms with van der Waals surface area (Å²) in [4.78, 5) is 25.1. The zero-order valence-corrected chi connectivity index (χ0v) is 10.7. The monoisotopic (exact) mass is 266 g/mol. The Morgan fingerprint density at radius 2 is 2.06 bits per heavy atom. The molecule has 0 aliphatic carbocycles. The average Bonchev–Trinajstić information content (AvgIpc) is 2.63. The fourth-order valence-electron chi connectivity index (χ4n) is 1.92. The third kappa shape index (κ3) is 3.01. The summed E-state index contributed by atoms with van der Waals surface area (Å²) in [5, 5.41) is 2.01. The quantitative estimate of drug-likeness (QED) is 0.821. The van der Waals surface area contributed by atoms with Gasteiger partial charge in [0, 0.05) is 13.1 Å². The second-order valence-electron chi connectivity index (χ2n) is 4.24. The van der Waals surface area contributed by atoms with Crippen LogP contribution in [0.2, 0.25) is 0 Å². The molecule has 1 aromatic rings. The molecule has 18 heavy (non-hydrogen) atoms. The van der Waals surface area contributed by atoms with Crippen LogP contribution in [0.25, 0.3) is 0 Å². The summed E-state index contributed by atoms with van der Waals surface area (Å²) >= 11 is 6.17. The van der Waals surface area contributed by atoms with Gasteiger partial charge in [-0.15, -0.1) is 11.6 Å². The molecule has 1 unspecified atom stereocenters. The van der Waals surface area contributed by atoms with Gasteiger partial charge >= 0.3 is 0 Å². The lowest BCUT2D eigenvalue weighted by atomic mass is 10.1. The number of rotatable bonds is 2. The first-order valence-corrected chi connectivity index (χ1v) is 6.36. The van der Waals surface area contributed by atoms with Crippen LogP contribution in [0.4, 0.5) is 0 Å². The number of carbonyl (C=O) groups excluding carboxylic acids is 2. The minimum atomic E-state index is -0.725. The van der Waals surface area contributed by atoms with E-state index < -0.39 is 5.38 Å². The van der Waals surface area contributed by atoms with Crippen molar-refractivity contribution in [3.05, 3.63) is 35.9 Å². The standard InChI is InChI=1S/C13H15ClN2O2/c14-12(10-5-2-1-3-6-10)13(18)16-8-4-7-15-11(17)9-16/h1-3,5-6,12H,4,7-9H2,(H,15,17). The summed E-state index contributed by atoms with van der Waals surface area (Å²) in [6.07, 6.45) is 0.760. The molecule has 4 nitrogen and oxygen atoms in total. The largest absolute Gasteiger partial charge is 0.354 e. The maximum absolute atomic E-state index is 12.2. The normalized spacial score (nSPS) is 17.8. The first-order chi connectivity index (χ1) is 8.68. The molecule has 1 aromatic carbocycles. The summed E-state index contributed by atoms with van der Waals surface area (Å²) in [6.45, 7) is 1.27. The van der Waals surface area contributed by atoms with Gasteiger partial charge < -0.3 is 10.2 Å². The number of alkyl halides is 1. The van der Waals surface area contributed by atoms with Crippen molar-refractivity contribution < 1.29 is 9.59 Å². The van der Waals surface area contributed by atoms with Crippen LogP contribution in [0.15, 0.2) is 30.3 Å². The molecule has 1 heterocycles. The first kappa shape index (κ1) is 12.9. The molecule has 5 heteroatoms. The lowest BCUT2D eigenvalue weighted by Crippen LogP contribution is -2.39. The molecule has 1 aliphatic heterocycles. The molecular formula is C13H15ClN2O2. The number of benzene rings is 1. The van der Waals surface area contributed by atoms with Gasteiger partial charge in [-0.3, -0.25) is 9.59 Å². The Hall–Kier alpha value is -1.55. The molecule has 1 N–H and O–H groups in total.